The minimum atomic E-state index is -0.238. The Balaban J connectivity index is 2.33. The van der Waals surface area contributed by atoms with Crippen LogP contribution in [0, 0.1) is 0 Å². The van der Waals surface area contributed by atoms with Gasteiger partial charge in [-0.25, -0.2) is 9.89 Å². The predicted molar refractivity (Wildman–Crippen MR) is 75.0 cm³/mol. The summed E-state index contributed by atoms with van der Waals surface area (Å²) in [5.74, 6) is 1.38. The molecule has 6 heteroatoms. The molecule has 1 N–H and O–H groups in total. The second-order valence-electron chi connectivity index (χ2n) is 4.46. The molecule has 2 aromatic rings. The van der Waals surface area contributed by atoms with Crippen LogP contribution in [0.1, 0.15) is 30.8 Å². The largest absolute Gasteiger partial charge is 0.497 e. The van der Waals surface area contributed by atoms with Crippen molar-refractivity contribution >= 4 is 0 Å². The van der Waals surface area contributed by atoms with Crippen molar-refractivity contribution in [3.05, 3.63) is 46.1 Å². The van der Waals surface area contributed by atoms with E-state index in [4.69, 9.17) is 9.47 Å². The molecule has 1 aromatic carbocycles. The van der Waals surface area contributed by atoms with Crippen molar-refractivity contribution in [2.24, 2.45) is 0 Å². The van der Waals surface area contributed by atoms with Crippen LogP contribution in [0.4, 0.5) is 0 Å². The van der Waals surface area contributed by atoms with Gasteiger partial charge in [0.05, 0.1) is 13.7 Å². The molecule has 0 bridgehead atoms. The number of ether oxygens (including phenoxy) is 2. The molecule has 0 fully saturated rings. The molecular formula is C14H19N3O3. The van der Waals surface area contributed by atoms with E-state index in [0.29, 0.717) is 12.4 Å². The molecule has 0 saturated heterocycles. The molecule has 0 amide bonds. The van der Waals surface area contributed by atoms with E-state index in [1.165, 1.54) is 0 Å². The van der Waals surface area contributed by atoms with E-state index in [0.717, 1.165) is 17.7 Å². The van der Waals surface area contributed by atoms with Crippen molar-refractivity contribution in [2.45, 2.75) is 26.0 Å². The van der Waals surface area contributed by atoms with E-state index < -0.39 is 0 Å². The molecule has 2 rings (SSSR count). The van der Waals surface area contributed by atoms with E-state index in [9.17, 15) is 4.79 Å². The fourth-order valence-electron chi connectivity index (χ4n) is 2.14. The normalized spacial score (nSPS) is 12.3. The summed E-state index contributed by atoms with van der Waals surface area (Å²) in [7, 11) is 3.23. The first-order valence-corrected chi connectivity index (χ1v) is 6.50. The average Bonchev–Trinajstić information content (AvgIpc) is 2.82. The van der Waals surface area contributed by atoms with Gasteiger partial charge in [-0.1, -0.05) is 19.1 Å². The summed E-state index contributed by atoms with van der Waals surface area (Å²) in [6.45, 7) is 2.42. The maximum atomic E-state index is 11.9. The second kappa shape index (κ2) is 6.38. The average molecular weight is 277 g/mol. The van der Waals surface area contributed by atoms with Gasteiger partial charge in [-0.2, -0.15) is 5.10 Å². The molecule has 1 heterocycles. The van der Waals surface area contributed by atoms with Crippen molar-refractivity contribution in [2.75, 3.05) is 14.2 Å². The van der Waals surface area contributed by atoms with Crippen molar-refractivity contribution in [3.63, 3.8) is 0 Å². The Morgan fingerprint density at radius 1 is 1.40 bits per heavy atom. The smallest absolute Gasteiger partial charge is 0.343 e. The summed E-state index contributed by atoms with van der Waals surface area (Å²) in [5.41, 5.74) is 0.735. The number of nitrogens with zero attached hydrogens (tertiary/aromatic N) is 2. The van der Waals surface area contributed by atoms with E-state index >= 15 is 0 Å². The zero-order chi connectivity index (χ0) is 14.5. The number of methoxy groups -OCH3 is 2. The van der Waals surface area contributed by atoms with Crippen LogP contribution in [0.25, 0.3) is 0 Å². The van der Waals surface area contributed by atoms with Gasteiger partial charge in [-0.05, 0) is 24.1 Å². The third-order valence-corrected chi connectivity index (χ3v) is 3.21. The first kappa shape index (κ1) is 14.3. The Kier molecular flexibility index (Phi) is 4.57. The van der Waals surface area contributed by atoms with Crippen LogP contribution in [0.3, 0.4) is 0 Å². The van der Waals surface area contributed by atoms with Crippen LogP contribution < -0.4 is 10.4 Å². The molecule has 1 aromatic heterocycles. The molecule has 108 valence electrons. The highest BCUT2D eigenvalue weighted by Crippen LogP contribution is 2.18. The van der Waals surface area contributed by atoms with Crippen LogP contribution >= 0.6 is 0 Å². The quantitative estimate of drug-likeness (QED) is 0.873. The Hall–Kier alpha value is -2.08. The Labute approximate surface area is 117 Å². The molecule has 0 saturated carbocycles. The van der Waals surface area contributed by atoms with Gasteiger partial charge in [0.2, 0.25) is 0 Å². The van der Waals surface area contributed by atoms with Gasteiger partial charge in [-0.3, -0.25) is 4.57 Å². The van der Waals surface area contributed by atoms with Crippen LogP contribution in [-0.2, 0) is 11.3 Å². The number of benzene rings is 1. The van der Waals surface area contributed by atoms with Crippen LogP contribution in [-0.4, -0.2) is 29.0 Å². The first-order chi connectivity index (χ1) is 9.69. The van der Waals surface area contributed by atoms with E-state index in [-0.39, 0.29) is 11.8 Å². The molecule has 0 unspecified atom stereocenters. The standard InChI is InChI=1S/C14H19N3O3/c1-4-12(20-3)13-15-16-14(18)17(13)9-10-6-5-7-11(8-10)19-2/h5-8,12H,4,9H2,1-3H3,(H,16,18)/t12-/m1/s1. The van der Waals surface area contributed by atoms with Gasteiger partial charge in [-0.15, -0.1) is 0 Å². The predicted octanol–water partition coefficient (Wildman–Crippen LogP) is 1.73. The lowest BCUT2D eigenvalue weighted by Crippen LogP contribution is -2.21. The molecule has 6 nitrogen and oxygen atoms in total. The van der Waals surface area contributed by atoms with Crippen LogP contribution in [0.5, 0.6) is 5.75 Å². The summed E-state index contributed by atoms with van der Waals surface area (Å²) >= 11 is 0. The van der Waals surface area contributed by atoms with Crippen molar-refractivity contribution in [3.8, 4) is 5.75 Å². The molecule has 0 radical (unpaired) electrons. The molecule has 0 aliphatic heterocycles. The van der Waals surface area contributed by atoms with Crippen molar-refractivity contribution in [1.82, 2.24) is 14.8 Å². The molecule has 0 spiro atoms. The maximum absolute atomic E-state index is 11.9. The third kappa shape index (κ3) is 2.91. The van der Waals surface area contributed by atoms with Gasteiger partial charge >= 0.3 is 5.69 Å². The Morgan fingerprint density at radius 3 is 2.85 bits per heavy atom. The molecule has 0 aliphatic rings. The van der Waals surface area contributed by atoms with Gasteiger partial charge in [0.1, 0.15) is 11.9 Å². The number of H-pyrrole nitrogens is 1. The topological polar surface area (TPSA) is 69.1 Å². The summed E-state index contributed by atoms with van der Waals surface area (Å²) < 4.78 is 12.1. The van der Waals surface area contributed by atoms with Crippen molar-refractivity contribution < 1.29 is 9.47 Å². The van der Waals surface area contributed by atoms with Crippen LogP contribution in [0.2, 0.25) is 0 Å². The first-order valence-electron chi connectivity index (χ1n) is 6.50. The summed E-state index contributed by atoms with van der Waals surface area (Å²) in [6.07, 6.45) is 0.554. The number of nitrogens with one attached hydrogen (secondary N) is 1. The molecule has 20 heavy (non-hydrogen) atoms. The lowest BCUT2D eigenvalue weighted by molar-refractivity contribution is 0.0893. The number of rotatable bonds is 6. The zero-order valence-corrected chi connectivity index (χ0v) is 11.9. The molecular weight excluding hydrogens is 258 g/mol. The lowest BCUT2D eigenvalue weighted by atomic mass is 10.2. The summed E-state index contributed by atoms with van der Waals surface area (Å²) in [5, 5.41) is 6.55. The maximum Gasteiger partial charge on any atom is 0.343 e. The second-order valence-corrected chi connectivity index (χ2v) is 4.46. The minimum Gasteiger partial charge on any atom is -0.497 e. The van der Waals surface area contributed by atoms with Gasteiger partial charge in [0, 0.05) is 7.11 Å². The fourth-order valence-corrected chi connectivity index (χ4v) is 2.14. The Bertz CT molecular complexity index is 614. The minimum absolute atomic E-state index is 0.195. The monoisotopic (exact) mass is 277 g/mol. The van der Waals surface area contributed by atoms with Crippen molar-refractivity contribution in [1.29, 1.82) is 0 Å². The van der Waals surface area contributed by atoms with E-state index in [1.807, 2.05) is 31.2 Å². The Morgan fingerprint density at radius 2 is 2.20 bits per heavy atom. The third-order valence-electron chi connectivity index (χ3n) is 3.21. The molecule has 1 atom stereocenters. The summed E-state index contributed by atoms with van der Waals surface area (Å²) in [6, 6.07) is 7.61. The number of aromatic amines is 1. The highest BCUT2D eigenvalue weighted by atomic mass is 16.5. The molecule has 0 aliphatic carbocycles. The zero-order valence-electron chi connectivity index (χ0n) is 11.9. The van der Waals surface area contributed by atoms with Crippen LogP contribution in [0.15, 0.2) is 29.1 Å². The number of hydrogen-bond acceptors (Lipinski definition) is 4. The summed E-state index contributed by atoms with van der Waals surface area (Å²) in [4.78, 5) is 11.9. The van der Waals surface area contributed by atoms with Gasteiger partial charge in [0.25, 0.3) is 0 Å². The highest BCUT2D eigenvalue weighted by Gasteiger charge is 2.17. The number of hydrogen-bond donors (Lipinski definition) is 1. The van der Waals surface area contributed by atoms with Gasteiger partial charge in [0.15, 0.2) is 5.82 Å². The lowest BCUT2D eigenvalue weighted by Gasteiger charge is -2.13. The van der Waals surface area contributed by atoms with Gasteiger partial charge < -0.3 is 9.47 Å². The van der Waals surface area contributed by atoms with E-state index in [1.54, 1.807) is 18.8 Å². The highest BCUT2D eigenvalue weighted by molar-refractivity contribution is 5.28. The fraction of sp³-hybridized carbons (Fsp3) is 0.429. The SMILES string of the molecule is CC[C@@H](OC)c1n[nH]c(=O)n1Cc1cccc(OC)c1. The van der Waals surface area contributed by atoms with E-state index in [2.05, 4.69) is 10.2 Å². The number of aromatic nitrogens is 3.